The second kappa shape index (κ2) is 8.83. The van der Waals surface area contributed by atoms with Crippen molar-refractivity contribution in [1.82, 2.24) is 0 Å². The van der Waals surface area contributed by atoms with Gasteiger partial charge in [-0.05, 0) is 73.4 Å². The maximum atomic E-state index is 12.2. The summed E-state index contributed by atoms with van der Waals surface area (Å²) in [6.45, 7) is 12.2. The molecular formula is C19H27IO4. The van der Waals surface area contributed by atoms with Gasteiger partial charge in [0.15, 0.2) is 0 Å². The summed E-state index contributed by atoms with van der Waals surface area (Å²) in [6.07, 6.45) is 0.493. The monoisotopic (exact) mass is 446 g/mol. The number of carbonyl (C=O) groups is 2. The molecule has 0 fully saturated rings. The lowest BCUT2D eigenvalue weighted by molar-refractivity contribution is -0.156. The summed E-state index contributed by atoms with van der Waals surface area (Å²) in [5, 5.41) is 0. The van der Waals surface area contributed by atoms with Crippen LogP contribution in [0.5, 0.6) is 0 Å². The molecule has 134 valence electrons. The summed E-state index contributed by atoms with van der Waals surface area (Å²) in [7, 11) is 0. The van der Waals surface area contributed by atoms with Crippen LogP contribution in [0.25, 0.3) is 0 Å². The van der Waals surface area contributed by atoms with Crippen LogP contribution in [-0.2, 0) is 14.3 Å². The molecule has 4 nitrogen and oxygen atoms in total. The van der Waals surface area contributed by atoms with Gasteiger partial charge < -0.3 is 9.47 Å². The number of hydrogen-bond acceptors (Lipinski definition) is 4. The van der Waals surface area contributed by atoms with Gasteiger partial charge in [-0.3, -0.25) is 4.79 Å². The van der Waals surface area contributed by atoms with Gasteiger partial charge in [0.1, 0.15) is 0 Å². The van der Waals surface area contributed by atoms with Crippen molar-refractivity contribution in [1.29, 1.82) is 0 Å². The van der Waals surface area contributed by atoms with Crippen LogP contribution in [0.15, 0.2) is 12.1 Å². The first-order chi connectivity index (χ1) is 11.1. The number of esters is 2. The molecule has 24 heavy (non-hydrogen) atoms. The smallest absolute Gasteiger partial charge is 0.339 e. The normalized spacial score (nSPS) is 11.5. The molecule has 0 N–H and O–H groups in total. The zero-order valence-corrected chi connectivity index (χ0v) is 17.5. The highest BCUT2D eigenvalue weighted by Gasteiger charge is 2.32. The van der Waals surface area contributed by atoms with Crippen LogP contribution in [0.2, 0.25) is 0 Å². The molecule has 0 spiro atoms. The fourth-order valence-electron chi connectivity index (χ4n) is 1.99. The Kier molecular flexibility index (Phi) is 7.70. The van der Waals surface area contributed by atoms with Crippen molar-refractivity contribution in [2.45, 2.75) is 48.0 Å². The van der Waals surface area contributed by atoms with E-state index in [2.05, 4.69) is 22.6 Å². The zero-order valence-electron chi connectivity index (χ0n) is 15.4. The van der Waals surface area contributed by atoms with Crippen LogP contribution in [0.3, 0.4) is 0 Å². The number of aryl methyl sites for hydroxylation is 2. The molecule has 0 saturated carbocycles. The minimum Gasteiger partial charge on any atom is -0.465 e. The van der Waals surface area contributed by atoms with Crippen LogP contribution in [0.1, 0.15) is 55.6 Å². The molecule has 0 aromatic heterocycles. The number of carbonyl (C=O) groups excluding carboxylic acids is 2. The van der Waals surface area contributed by atoms with Gasteiger partial charge in [0.2, 0.25) is 0 Å². The molecule has 0 atom stereocenters. The largest absolute Gasteiger partial charge is 0.465 e. The Morgan fingerprint density at radius 1 is 1.12 bits per heavy atom. The van der Waals surface area contributed by atoms with E-state index >= 15 is 0 Å². The van der Waals surface area contributed by atoms with Crippen molar-refractivity contribution in [3.05, 3.63) is 32.4 Å². The first kappa shape index (κ1) is 20.9. The van der Waals surface area contributed by atoms with E-state index in [9.17, 15) is 9.59 Å². The fourth-order valence-corrected chi connectivity index (χ4v) is 2.52. The lowest BCUT2D eigenvalue weighted by Crippen LogP contribution is -2.32. The highest BCUT2D eigenvalue weighted by molar-refractivity contribution is 14.1. The van der Waals surface area contributed by atoms with Crippen molar-refractivity contribution in [3.8, 4) is 0 Å². The van der Waals surface area contributed by atoms with E-state index in [-0.39, 0.29) is 31.1 Å². The van der Waals surface area contributed by atoms with Crippen molar-refractivity contribution < 1.29 is 19.1 Å². The molecule has 0 aliphatic heterocycles. The fraction of sp³-hybridized carbons (Fsp3) is 0.579. The average Bonchev–Trinajstić information content (AvgIpc) is 2.49. The van der Waals surface area contributed by atoms with Gasteiger partial charge in [-0.2, -0.15) is 0 Å². The zero-order chi connectivity index (χ0) is 18.5. The third-order valence-corrected chi connectivity index (χ3v) is 5.78. The van der Waals surface area contributed by atoms with Gasteiger partial charge in [0.25, 0.3) is 0 Å². The van der Waals surface area contributed by atoms with Crippen LogP contribution in [0, 0.1) is 28.8 Å². The lowest BCUT2D eigenvalue weighted by Gasteiger charge is -2.26. The van der Waals surface area contributed by atoms with Crippen molar-refractivity contribution >= 4 is 34.5 Å². The summed E-state index contributed by atoms with van der Waals surface area (Å²) in [4.78, 5) is 24.2. The predicted octanol–water partition coefficient (Wildman–Crippen LogP) is 4.68. The molecule has 0 heterocycles. The summed E-state index contributed by atoms with van der Waals surface area (Å²) < 4.78 is 11.5. The number of ether oxygens (including phenoxy) is 2. The van der Waals surface area contributed by atoms with Gasteiger partial charge in [-0.1, -0.05) is 19.9 Å². The Hall–Kier alpha value is -1.11. The van der Waals surface area contributed by atoms with E-state index in [4.69, 9.17) is 9.47 Å². The highest BCUT2D eigenvalue weighted by atomic mass is 127. The minimum absolute atomic E-state index is 0.203. The van der Waals surface area contributed by atoms with Gasteiger partial charge in [0, 0.05) is 9.99 Å². The lowest BCUT2D eigenvalue weighted by atomic mass is 9.81. The van der Waals surface area contributed by atoms with Gasteiger partial charge in [-0.25, -0.2) is 4.79 Å². The van der Waals surface area contributed by atoms with Crippen LogP contribution >= 0.6 is 22.6 Å². The highest BCUT2D eigenvalue weighted by Crippen LogP contribution is 2.27. The van der Waals surface area contributed by atoms with E-state index in [1.807, 2.05) is 53.7 Å². The molecule has 0 radical (unpaired) electrons. The molecule has 1 aromatic rings. The molecule has 0 aliphatic carbocycles. The topological polar surface area (TPSA) is 52.6 Å². The van der Waals surface area contributed by atoms with E-state index in [1.165, 1.54) is 0 Å². The third-order valence-electron chi connectivity index (χ3n) is 4.34. The van der Waals surface area contributed by atoms with Crippen molar-refractivity contribution in [3.63, 3.8) is 0 Å². The summed E-state index contributed by atoms with van der Waals surface area (Å²) in [6, 6.07) is 3.87. The molecule has 0 unspecified atom stereocenters. The SMILES string of the molecule is Cc1cc(C)c(I)c(C(=O)OCCCOC(=O)C(C)(C)C(C)C)c1. The third kappa shape index (κ3) is 5.46. The van der Waals surface area contributed by atoms with Gasteiger partial charge in [-0.15, -0.1) is 0 Å². The van der Waals surface area contributed by atoms with E-state index in [1.54, 1.807) is 0 Å². The molecule has 0 amide bonds. The van der Waals surface area contributed by atoms with E-state index in [0.29, 0.717) is 12.0 Å². The summed E-state index contributed by atoms with van der Waals surface area (Å²) in [5.41, 5.74) is 2.18. The number of hydrogen-bond donors (Lipinski definition) is 0. The summed E-state index contributed by atoms with van der Waals surface area (Å²) in [5.74, 6) is -0.345. The first-order valence-corrected chi connectivity index (χ1v) is 9.26. The maximum Gasteiger partial charge on any atom is 0.339 e. The Morgan fingerprint density at radius 2 is 1.71 bits per heavy atom. The molecule has 0 bridgehead atoms. The van der Waals surface area contributed by atoms with Crippen molar-refractivity contribution in [2.24, 2.45) is 11.3 Å². The second-order valence-corrected chi connectivity index (χ2v) is 8.02. The number of rotatable bonds is 7. The number of benzene rings is 1. The quantitative estimate of drug-likeness (QED) is 0.347. The van der Waals surface area contributed by atoms with Crippen LogP contribution in [-0.4, -0.2) is 25.2 Å². The second-order valence-electron chi connectivity index (χ2n) is 6.95. The Bertz CT molecular complexity index is 606. The van der Waals surface area contributed by atoms with Gasteiger partial charge in [0.05, 0.1) is 24.2 Å². The number of halogens is 1. The van der Waals surface area contributed by atoms with Crippen molar-refractivity contribution in [2.75, 3.05) is 13.2 Å². The summed E-state index contributed by atoms with van der Waals surface area (Å²) >= 11 is 2.16. The van der Waals surface area contributed by atoms with Crippen LogP contribution < -0.4 is 0 Å². The van der Waals surface area contributed by atoms with E-state index in [0.717, 1.165) is 14.7 Å². The average molecular weight is 446 g/mol. The van der Waals surface area contributed by atoms with Gasteiger partial charge >= 0.3 is 11.9 Å². The molecule has 0 aliphatic rings. The first-order valence-electron chi connectivity index (χ1n) is 8.18. The molecule has 1 rings (SSSR count). The maximum absolute atomic E-state index is 12.2. The van der Waals surface area contributed by atoms with E-state index < -0.39 is 5.41 Å². The minimum atomic E-state index is -0.508. The Labute approximate surface area is 158 Å². The molecule has 1 aromatic carbocycles. The van der Waals surface area contributed by atoms with Crippen LogP contribution in [0.4, 0.5) is 0 Å². The Balaban J connectivity index is 2.44. The molecular weight excluding hydrogens is 419 g/mol. The molecule has 5 heteroatoms. The standard InChI is InChI=1S/C19H27IO4/c1-12(2)19(5,6)18(22)24-9-7-8-23-17(21)15-11-13(3)10-14(4)16(15)20/h10-12H,7-9H2,1-6H3. The molecule has 0 saturated heterocycles. The Morgan fingerprint density at radius 3 is 2.29 bits per heavy atom. The predicted molar refractivity (Wildman–Crippen MR) is 103 cm³/mol.